The Kier molecular flexibility index (Phi) is 2.60. The lowest BCUT2D eigenvalue weighted by molar-refractivity contribution is 0.0935. The number of aromatic nitrogens is 2. The van der Waals surface area contributed by atoms with E-state index in [1.165, 1.54) is 0 Å². The number of ketones is 1. The highest BCUT2D eigenvalue weighted by Crippen LogP contribution is 2.11. The highest BCUT2D eigenvalue weighted by Gasteiger charge is 2.15. The first-order valence-corrected chi connectivity index (χ1v) is 4.15. The van der Waals surface area contributed by atoms with Gasteiger partial charge in [0.2, 0.25) is 0 Å². The summed E-state index contributed by atoms with van der Waals surface area (Å²) in [6.45, 7) is 5.40. The lowest BCUT2D eigenvalue weighted by atomic mass is 10.1. The Balaban J connectivity index is 3.13. The van der Waals surface area contributed by atoms with Gasteiger partial charge in [-0.15, -0.1) is 0 Å². The fraction of sp³-hybridized carbons (Fsp3) is 0.444. The number of carbonyl (C=O) groups is 1. The minimum atomic E-state index is -0.0987. The van der Waals surface area contributed by atoms with Crippen LogP contribution in [0.15, 0.2) is 6.20 Å². The van der Waals surface area contributed by atoms with E-state index >= 15 is 0 Å². The number of rotatable bonds is 2. The Labute approximate surface area is 77.2 Å². The van der Waals surface area contributed by atoms with Crippen LogP contribution in [0.2, 0.25) is 0 Å². The Morgan fingerprint density at radius 3 is 2.69 bits per heavy atom. The highest BCUT2D eigenvalue weighted by molar-refractivity contribution is 5.99. The molecule has 0 spiro atoms. The lowest BCUT2D eigenvalue weighted by Crippen LogP contribution is -2.14. The summed E-state index contributed by atoms with van der Waals surface area (Å²) in [7, 11) is 0. The van der Waals surface area contributed by atoms with Gasteiger partial charge in [-0.1, -0.05) is 13.8 Å². The number of hydrogen-bond donors (Lipinski definition) is 1. The fourth-order valence-electron chi connectivity index (χ4n) is 0.941. The van der Waals surface area contributed by atoms with Crippen molar-refractivity contribution in [1.82, 2.24) is 9.97 Å². The van der Waals surface area contributed by atoms with Crippen LogP contribution in [-0.4, -0.2) is 15.8 Å². The van der Waals surface area contributed by atoms with E-state index in [1.807, 2.05) is 13.8 Å². The number of Topliss-reactive ketones (excluding diaryl/α,β-unsaturated/α-hetero) is 1. The molecule has 0 amide bonds. The quantitative estimate of drug-likeness (QED) is 0.693. The van der Waals surface area contributed by atoms with Crippen LogP contribution in [0.25, 0.3) is 0 Å². The predicted octanol–water partition coefficient (Wildman–Crippen LogP) is 1.21. The number of anilines is 1. The molecular weight excluding hydrogens is 166 g/mol. The minimum Gasteiger partial charge on any atom is -0.382 e. The maximum atomic E-state index is 11.5. The van der Waals surface area contributed by atoms with E-state index in [1.54, 1.807) is 13.1 Å². The van der Waals surface area contributed by atoms with Gasteiger partial charge in [0.25, 0.3) is 0 Å². The molecule has 4 nitrogen and oxygen atoms in total. The van der Waals surface area contributed by atoms with Gasteiger partial charge in [-0.3, -0.25) is 4.79 Å². The minimum absolute atomic E-state index is 0.0614. The summed E-state index contributed by atoms with van der Waals surface area (Å²) in [5.41, 5.74) is 6.53. The van der Waals surface area contributed by atoms with Gasteiger partial charge in [-0.2, -0.15) is 0 Å². The fourth-order valence-corrected chi connectivity index (χ4v) is 0.941. The first-order valence-electron chi connectivity index (χ1n) is 4.15. The highest BCUT2D eigenvalue weighted by atomic mass is 16.1. The van der Waals surface area contributed by atoms with Crippen LogP contribution >= 0.6 is 0 Å². The van der Waals surface area contributed by atoms with Crippen molar-refractivity contribution in [3.8, 4) is 0 Å². The number of hydrogen-bond acceptors (Lipinski definition) is 4. The van der Waals surface area contributed by atoms with Gasteiger partial charge in [0.1, 0.15) is 5.69 Å². The van der Waals surface area contributed by atoms with E-state index in [4.69, 9.17) is 5.73 Å². The van der Waals surface area contributed by atoms with Gasteiger partial charge in [0, 0.05) is 5.92 Å². The van der Waals surface area contributed by atoms with Crippen molar-refractivity contribution < 1.29 is 4.79 Å². The molecule has 4 heteroatoms. The monoisotopic (exact) mass is 179 g/mol. The molecule has 0 atom stereocenters. The van der Waals surface area contributed by atoms with Crippen molar-refractivity contribution >= 4 is 11.6 Å². The molecule has 1 rings (SSSR count). The van der Waals surface area contributed by atoms with Crippen molar-refractivity contribution in [2.45, 2.75) is 20.8 Å². The molecule has 1 aromatic heterocycles. The molecule has 2 N–H and O–H groups in total. The van der Waals surface area contributed by atoms with Crippen molar-refractivity contribution in [3.63, 3.8) is 0 Å². The van der Waals surface area contributed by atoms with Crippen LogP contribution in [0.4, 0.5) is 5.82 Å². The molecule has 0 radical (unpaired) electrons. The third kappa shape index (κ3) is 2.02. The number of carbonyl (C=O) groups excluding carboxylic acids is 1. The first-order chi connectivity index (χ1) is 6.02. The number of aryl methyl sites for hydroxylation is 1. The molecule has 0 bridgehead atoms. The van der Waals surface area contributed by atoms with E-state index in [0.717, 1.165) is 0 Å². The Bertz CT molecular complexity index is 334. The normalized spacial score (nSPS) is 10.5. The number of nitrogens with zero attached hydrogens (tertiary/aromatic N) is 2. The van der Waals surface area contributed by atoms with E-state index in [2.05, 4.69) is 9.97 Å². The van der Waals surface area contributed by atoms with Gasteiger partial charge in [0.15, 0.2) is 11.6 Å². The Morgan fingerprint density at radius 2 is 2.15 bits per heavy atom. The lowest BCUT2D eigenvalue weighted by Gasteiger charge is -2.05. The summed E-state index contributed by atoms with van der Waals surface area (Å²) in [5.74, 6) is 0.0522. The molecule has 1 heterocycles. The molecule has 0 saturated carbocycles. The second kappa shape index (κ2) is 3.51. The standard InChI is InChI=1S/C9H13N3O/c1-5(2)8(13)7-9(10)11-4-6(3)12-7/h4-5H,1-3H3,(H2,10,11). The average molecular weight is 179 g/mol. The summed E-state index contributed by atoms with van der Waals surface area (Å²) in [6, 6.07) is 0. The maximum absolute atomic E-state index is 11.5. The van der Waals surface area contributed by atoms with Crippen LogP contribution in [0.5, 0.6) is 0 Å². The van der Waals surface area contributed by atoms with Crippen molar-refractivity contribution in [2.75, 3.05) is 5.73 Å². The van der Waals surface area contributed by atoms with Crippen LogP contribution < -0.4 is 5.73 Å². The molecule has 0 aliphatic rings. The van der Waals surface area contributed by atoms with Crippen LogP contribution in [-0.2, 0) is 0 Å². The molecular formula is C9H13N3O. The van der Waals surface area contributed by atoms with Crippen LogP contribution in [0.1, 0.15) is 30.0 Å². The Hall–Kier alpha value is -1.45. The van der Waals surface area contributed by atoms with Gasteiger partial charge in [0.05, 0.1) is 11.9 Å². The maximum Gasteiger partial charge on any atom is 0.187 e. The third-order valence-electron chi connectivity index (χ3n) is 1.68. The summed E-state index contributed by atoms with van der Waals surface area (Å²) in [5, 5.41) is 0. The molecule has 0 fully saturated rings. The van der Waals surface area contributed by atoms with Gasteiger partial charge in [-0.25, -0.2) is 9.97 Å². The Morgan fingerprint density at radius 1 is 1.54 bits per heavy atom. The summed E-state index contributed by atoms with van der Waals surface area (Å²) in [6.07, 6.45) is 1.55. The second-order valence-electron chi connectivity index (χ2n) is 3.26. The molecule has 0 aliphatic carbocycles. The van der Waals surface area contributed by atoms with Gasteiger partial charge in [-0.05, 0) is 6.92 Å². The zero-order valence-electron chi connectivity index (χ0n) is 8.03. The van der Waals surface area contributed by atoms with Gasteiger partial charge < -0.3 is 5.73 Å². The molecule has 0 aliphatic heterocycles. The topological polar surface area (TPSA) is 68.9 Å². The van der Waals surface area contributed by atoms with E-state index in [9.17, 15) is 4.79 Å². The summed E-state index contributed by atoms with van der Waals surface area (Å²) >= 11 is 0. The molecule has 0 saturated heterocycles. The predicted molar refractivity (Wildman–Crippen MR) is 50.3 cm³/mol. The number of nitrogen functional groups attached to an aromatic ring is 1. The molecule has 70 valence electrons. The molecule has 0 aromatic carbocycles. The zero-order chi connectivity index (χ0) is 10.0. The summed E-state index contributed by atoms with van der Waals surface area (Å²) < 4.78 is 0. The molecule has 1 aromatic rings. The molecule has 0 unspecified atom stereocenters. The van der Waals surface area contributed by atoms with Crippen molar-refractivity contribution in [2.24, 2.45) is 5.92 Å². The molecule has 13 heavy (non-hydrogen) atoms. The van der Waals surface area contributed by atoms with E-state index < -0.39 is 0 Å². The first kappa shape index (κ1) is 9.64. The zero-order valence-corrected chi connectivity index (χ0v) is 8.03. The third-order valence-corrected chi connectivity index (χ3v) is 1.68. The smallest absolute Gasteiger partial charge is 0.187 e. The summed E-state index contributed by atoms with van der Waals surface area (Å²) in [4.78, 5) is 19.5. The van der Waals surface area contributed by atoms with Crippen LogP contribution in [0.3, 0.4) is 0 Å². The van der Waals surface area contributed by atoms with Crippen LogP contribution in [0, 0.1) is 12.8 Å². The SMILES string of the molecule is Cc1cnc(N)c(C(=O)C(C)C)n1. The van der Waals surface area contributed by atoms with Gasteiger partial charge >= 0.3 is 0 Å². The number of nitrogens with two attached hydrogens (primary N) is 1. The van der Waals surface area contributed by atoms with E-state index in [0.29, 0.717) is 5.69 Å². The average Bonchev–Trinajstić information content (AvgIpc) is 2.08. The largest absolute Gasteiger partial charge is 0.382 e. The van der Waals surface area contributed by atoms with Crippen molar-refractivity contribution in [3.05, 3.63) is 17.6 Å². The second-order valence-corrected chi connectivity index (χ2v) is 3.26. The van der Waals surface area contributed by atoms with Crippen molar-refractivity contribution in [1.29, 1.82) is 0 Å². The van der Waals surface area contributed by atoms with E-state index in [-0.39, 0.29) is 23.2 Å².